The molecule has 1 aromatic carbocycles. The summed E-state index contributed by atoms with van der Waals surface area (Å²) in [5.41, 5.74) is 0.542. The highest BCUT2D eigenvalue weighted by molar-refractivity contribution is 7.91. The van der Waals surface area contributed by atoms with Gasteiger partial charge in [-0.25, -0.2) is 16.8 Å². The van der Waals surface area contributed by atoms with Gasteiger partial charge in [-0.3, -0.25) is 0 Å². The number of nitrogens with zero attached hydrogens (tertiary/aromatic N) is 1. The van der Waals surface area contributed by atoms with E-state index < -0.39 is 19.9 Å². The number of benzene rings is 1. The number of nitrogens with one attached hydrogen (secondary N) is 1. The number of sulfonamides is 1. The van der Waals surface area contributed by atoms with Crippen LogP contribution in [0.1, 0.15) is 12.0 Å². The molecule has 126 valence electrons. The lowest BCUT2D eigenvalue weighted by Gasteiger charge is -2.24. The smallest absolute Gasteiger partial charge is 0.243 e. The van der Waals surface area contributed by atoms with Gasteiger partial charge in [0.1, 0.15) is 0 Å². The van der Waals surface area contributed by atoms with Crippen molar-refractivity contribution in [2.24, 2.45) is 0 Å². The summed E-state index contributed by atoms with van der Waals surface area (Å²) in [6.45, 7) is 3.06. The Balaban J connectivity index is 0.00000242. The standard InChI is InChI=1S/C13H20N2O4S2.ClH/c1-10-4-5-12(20(3,16)17)8-13(10)21(18,19)15(2)11-6-7-14-9-11;/h4-5,8,11,14H,6-7,9H2,1-3H3;1H. The predicted molar refractivity (Wildman–Crippen MR) is 87.8 cm³/mol. The number of halogens is 1. The summed E-state index contributed by atoms with van der Waals surface area (Å²) in [6.07, 6.45) is 1.82. The predicted octanol–water partition coefficient (Wildman–Crippen LogP) is 0.803. The minimum atomic E-state index is -3.71. The van der Waals surface area contributed by atoms with E-state index in [0.29, 0.717) is 12.1 Å². The van der Waals surface area contributed by atoms with Crippen LogP contribution in [0.25, 0.3) is 0 Å². The molecule has 2 rings (SSSR count). The largest absolute Gasteiger partial charge is 0.315 e. The molecule has 0 saturated carbocycles. The molecule has 0 spiro atoms. The highest BCUT2D eigenvalue weighted by Crippen LogP contribution is 2.25. The van der Waals surface area contributed by atoms with Gasteiger partial charge in [0.2, 0.25) is 10.0 Å². The van der Waals surface area contributed by atoms with E-state index in [1.165, 1.54) is 22.5 Å². The molecule has 1 aromatic rings. The van der Waals surface area contributed by atoms with E-state index in [-0.39, 0.29) is 28.2 Å². The molecule has 0 amide bonds. The fourth-order valence-electron chi connectivity index (χ4n) is 2.39. The van der Waals surface area contributed by atoms with Crippen molar-refractivity contribution in [1.82, 2.24) is 9.62 Å². The molecule has 1 aliphatic rings. The molecule has 1 heterocycles. The van der Waals surface area contributed by atoms with Crippen molar-refractivity contribution >= 4 is 32.3 Å². The molecule has 22 heavy (non-hydrogen) atoms. The van der Waals surface area contributed by atoms with E-state index in [0.717, 1.165) is 19.2 Å². The third kappa shape index (κ3) is 3.80. The maximum absolute atomic E-state index is 12.7. The quantitative estimate of drug-likeness (QED) is 0.850. The van der Waals surface area contributed by atoms with Crippen LogP contribution in [0.4, 0.5) is 0 Å². The number of sulfone groups is 1. The third-order valence-corrected chi connectivity index (χ3v) is 6.96. The van der Waals surface area contributed by atoms with E-state index >= 15 is 0 Å². The lowest BCUT2D eigenvalue weighted by molar-refractivity contribution is 0.387. The Hall–Kier alpha value is -0.670. The zero-order valence-corrected chi connectivity index (χ0v) is 15.2. The van der Waals surface area contributed by atoms with Gasteiger partial charge in [0.15, 0.2) is 9.84 Å². The number of likely N-dealkylation sites (N-methyl/N-ethyl adjacent to an activating group) is 1. The van der Waals surface area contributed by atoms with Crippen molar-refractivity contribution in [3.8, 4) is 0 Å². The van der Waals surface area contributed by atoms with Crippen LogP contribution in [0.2, 0.25) is 0 Å². The number of rotatable bonds is 4. The summed E-state index contributed by atoms with van der Waals surface area (Å²) < 4.78 is 50.0. The molecule has 9 heteroatoms. The van der Waals surface area contributed by atoms with Crippen LogP contribution in [0.3, 0.4) is 0 Å². The highest BCUT2D eigenvalue weighted by atomic mass is 35.5. The molecule has 1 N–H and O–H groups in total. The van der Waals surface area contributed by atoms with E-state index in [1.807, 2.05) is 0 Å². The highest BCUT2D eigenvalue weighted by Gasteiger charge is 2.31. The van der Waals surface area contributed by atoms with Crippen molar-refractivity contribution in [2.45, 2.75) is 29.2 Å². The molecule has 1 fully saturated rings. The molecule has 1 aliphatic heterocycles. The first-order valence-electron chi connectivity index (χ1n) is 6.63. The second kappa shape index (κ2) is 6.84. The van der Waals surface area contributed by atoms with E-state index in [1.54, 1.807) is 14.0 Å². The van der Waals surface area contributed by atoms with Gasteiger partial charge in [-0.15, -0.1) is 12.4 Å². The van der Waals surface area contributed by atoms with Gasteiger partial charge >= 0.3 is 0 Å². The molecule has 0 aliphatic carbocycles. The molecule has 1 saturated heterocycles. The fraction of sp³-hybridized carbons (Fsp3) is 0.538. The van der Waals surface area contributed by atoms with Gasteiger partial charge in [-0.05, 0) is 37.6 Å². The van der Waals surface area contributed by atoms with Crippen LogP contribution in [0, 0.1) is 6.92 Å². The second-order valence-electron chi connectivity index (χ2n) is 5.37. The van der Waals surface area contributed by atoms with Crippen molar-refractivity contribution in [3.63, 3.8) is 0 Å². The van der Waals surface area contributed by atoms with Crippen molar-refractivity contribution in [3.05, 3.63) is 23.8 Å². The van der Waals surface area contributed by atoms with Crippen LogP contribution in [0.15, 0.2) is 28.0 Å². The molecular weight excluding hydrogens is 348 g/mol. The second-order valence-corrected chi connectivity index (χ2v) is 9.35. The van der Waals surface area contributed by atoms with Crippen LogP contribution in [-0.2, 0) is 19.9 Å². The van der Waals surface area contributed by atoms with Crippen LogP contribution in [-0.4, -0.2) is 53.6 Å². The Kier molecular flexibility index (Phi) is 6.02. The lowest BCUT2D eigenvalue weighted by Crippen LogP contribution is -2.38. The van der Waals surface area contributed by atoms with Gasteiger partial charge in [-0.2, -0.15) is 4.31 Å². The number of hydrogen-bond acceptors (Lipinski definition) is 5. The molecule has 1 unspecified atom stereocenters. The van der Waals surface area contributed by atoms with E-state index in [4.69, 9.17) is 0 Å². The minimum absolute atomic E-state index is 0. The summed E-state index contributed by atoms with van der Waals surface area (Å²) in [7, 11) is -5.61. The lowest BCUT2D eigenvalue weighted by atomic mass is 10.2. The molecule has 0 aromatic heterocycles. The maximum atomic E-state index is 12.7. The summed E-state index contributed by atoms with van der Waals surface area (Å²) in [5, 5.41) is 3.13. The average molecular weight is 369 g/mol. The Morgan fingerprint density at radius 3 is 2.36 bits per heavy atom. The molecule has 6 nitrogen and oxygen atoms in total. The zero-order valence-electron chi connectivity index (χ0n) is 12.7. The summed E-state index contributed by atoms with van der Waals surface area (Å²) >= 11 is 0. The topological polar surface area (TPSA) is 83.5 Å². The first kappa shape index (κ1) is 19.4. The summed E-state index contributed by atoms with van der Waals surface area (Å²) in [5.74, 6) is 0. The number of aryl methyl sites for hydroxylation is 1. The SMILES string of the molecule is Cc1ccc(S(C)(=O)=O)cc1S(=O)(=O)N(C)C1CCNC1.Cl. The third-order valence-electron chi connectivity index (χ3n) is 3.79. The molecular formula is C13H21ClN2O4S2. The Labute approximate surface area is 138 Å². The Bertz CT molecular complexity index is 741. The fourth-order valence-corrected chi connectivity index (χ4v) is 4.75. The van der Waals surface area contributed by atoms with Crippen LogP contribution < -0.4 is 5.32 Å². The van der Waals surface area contributed by atoms with E-state index in [2.05, 4.69) is 5.32 Å². The maximum Gasteiger partial charge on any atom is 0.243 e. The Morgan fingerprint density at radius 1 is 1.23 bits per heavy atom. The first-order chi connectivity index (χ1) is 9.64. The summed E-state index contributed by atoms with van der Waals surface area (Å²) in [6, 6.07) is 4.11. The molecule has 1 atom stereocenters. The van der Waals surface area contributed by atoms with Gasteiger partial charge in [0.05, 0.1) is 9.79 Å². The first-order valence-corrected chi connectivity index (χ1v) is 9.96. The van der Waals surface area contributed by atoms with E-state index in [9.17, 15) is 16.8 Å². The van der Waals surface area contributed by atoms with Crippen molar-refractivity contribution in [2.75, 3.05) is 26.4 Å². The molecule has 0 radical (unpaired) electrons. The zero-order chi connectivity index (χ0) is 15.8. The van der Waals surface area contributed by atoms with Crippen molar-refractivity contribution in [1.29, 1.82) is 0 Å². The normalized spacial score (nSPS) is 19.2. The number of hydrogen-bond donors (Lipinski definition) is 1. The Morgan fingerprint density at radius 2 is 1.86 bits per heavy atom. The van der Waals surface area contributed by atoms with Crippen LogP contribution in [0.5, 0.6) is 0 Å². The van der Waals surface area contributed by atoms with Gasteiger partial charge in [0.25, 0.3) is 0 Å². The van der Waals surface area contributed by atoms with Gasteiger partial charge in [0, 0.05) is 25.9 Å². The summed E-state index contributed by atoms with van der Waals surface area (Å²) in [4.78, 5) is 0.0736. The van der Waals surface area contributed by atoms with Crippen molar-refractivity contribution < 1.29 is 16.8 Å². The monoisotopic (exact) mass is 368 g/mol. The average Bonchev–Trinajstić information content (AvgIpc) is 2.90. The molecule has 0 bridgehead atoms. The van der Waals surface area contributed by atoms with Gasteiger partial charge in [-0.1, -0.05) is 6.07 Å². The van der Waals surface area contributed by atoms with Crippen LogP contribution >= 0.6 is 12.4 Å². The minimum Gasteiger partial charge on any atom is -0.315 e. The van der Waals surface area contributed by atoms with Gasteiger partial charge < -0.3 is 5.32 Å².